The van der Waals surface area contributed by atoms with Crippen molar-refractivity contribution < 1.29 is 14.3 Å². The summed E-state index contributed by atoms with van der Waals surface area (Å²) >= 11 is 3.95. The van der Waals surface area contributed by atoms with Crippen LogP contribution in [0.2, 0.25) is 0 Å². The van der Waals surface area contributed by atoms with Gasteiger partial charge in [0.25, 0.3) is 0 Å². The van der Waals surface area contributed by atoms with Gasteiger partial charge >= 0.3 is 5.97 Å². The van der Waals surface area contributed by atoms with Crippen LogP contribution in [0.1, 0.15) is 67.4 Å². The number of nitrogens with zero attached hydrogens (tertiary/aromatic N) is 1. The van der Waals surface area contributed by atoms with E-state index < -0.39 is 5.97 Å². The van der Waals surface area contributed by atoms with Gasteiger partial charge in [-0.05, 0) is 76.0 Å². The average molecular weight is 498 g/mol. The monoisotopic (exact) mass is 497 g/mol. The Hall–Kier alpha value is -1.86. The second-order valence-corrected chi connectivity index (χ2v) is 13.5. The molecule has 3 heterocycles. The molecule has 1 spiro atoms. The van der Waals surface area contributed by atoms with Gasteiger partial charge in [0.15, 0.2) is 5.43 Å². The molecule has 2 aliphatic carbocycles. The van der Waals surface area contributed by atoms with Crippen LogP contribution in [0.25, 0.3) is 11.3 Å². The summed E-state index contributed by atoms with van der Waals surface area (Å²) in [7, 11) is 0. The Morgan fingerprint density at radius 2 is 1.94 bits per heavy atom. The van der Waals surface area contributed by atoms with Crippen LogP contribution >= 0.6 is 23.5 Å². The number of thioether (sulfide) groups is 2. The Kier molecular flexibility index (Phi) is 5.56. The molecule has 2 aromatic rings. The summed E-state index contributed by atoms with van der Waals surface area (Å²) in [5, 5.41) is 0. The lowest BCUT2D eigenvalue weighted by atomic mass is 9.69. The Morgan fingerprint density at radius 3 is 2.59 bits per heavy atom. The lowest BCUT2D eigenvalue weighted by Crippen LogP contribution is -2.46. The van der Waals surface area contributed by atoms with E-state index in [1.807, 2.05) is 23.5 Å². The van der Waals surface area contributed by atoms with Gasteiger partial charge in [-0.15, -0.1) is 23.5 Å². The zero-order chi connectivity index (χ0) is 23.5. The molecule has 2 aliphatic heterocycles. The van der Waals surface area contributed by atoms with Crippen LogP contribution in [-0.4, -0.2) is 35.3 Å². The molecule has 0 atom stereocenters. The Morgan fingerprint density at radius 1 is 1.18 bits per heavy atom. The number of carbonyl (C=O) groups excluding carboxylic acids is 1. The summed E-state index contributed by atoms with van der Waals surface area (Å²) in [4.78, 5) is 25.5. The fourth-order valence-corrected chi connectivity index (χ4v) is 8.49. The summed E-state index contributed by atoms with van der Waals surface area (Å²) in [6.07, 6.45) is 8.46. The van der Waals surface area contributed by atoms with Crippen LogP contribution < -0.4 is 10.2 Å². The van der Waals surface area contributed by atoms with Gasteiger partial charge in [-0.3, -0.25) is 4.79 Å². The van der Waals surface area contributed by atoms with Gasteiger partial charge in [-0.1, -0.05) is 0 Å². The van der Waals surface area contributed by atoms with E-state index in [4.69, 9.17) is 9.47 Å². The highest BCUT2D eigenvalue weighted by Gasteiger charge is 2.45. The first-order valence-corrected chi connectivity index (χ1v) is 14.4. The minimum absolute atomic E-state index is 0.0600. The zero-order valence-electron chi connectivity index (χ0n) is 19.9. The molecule has 0 radical (unpaired) electrons. The minimum atomic E-state index is -0.529. The normalized spacial score (nSPS) is 21.5. The number of hydrogen-bond donors (Lipinski definition) is 0. The van der Waals surface area contributed by atoms with Gasteiger partial charge in [0.1, 0.15) is 11.3 Å². The van der Waals surface area contributed by atoms with Crippen LogP contribution in [0.15, 0.2) is 29.2 Å². The highest BCUT2D eigenvalue weighted by molar-refractivity contribution is 8.20. The summed E-state index contributed by atoms with van der Waals surface area (Å²) < 4.78 is 13.8. The summed E-state index contributed by atoms with van der Waals surface area (Å²) in [6.45, 7) is 5.12. The molecule has 1 aromatic carbocycles. The number of rotatable bonds is 6. The van der Waals surface area contributed by atoms with E-state index in [9.17, 15) is 9.59 Å². The molecule has 1 aromatic heterocycles. The second kappa shape index (κ2) is 8.37. The van der Waals surface area contributed by atoms with Gasteiger partial charge in [0.05, 0.1) is 23.0 Å². The van der Waals surface area contributed by atoms with Crippen LogP contribution in [0.5, 0.6) is 5.75 Å². The Labute approximate surface area is 209 Å². The van der Waals surface area contributed by atoms with Crippen LogP contribution in [0, 0.1) is 5.92 Å². The van der Waals surface area contributed by atoms with E-state index in [0.29, 0.717) is 5.92 Å². The van der Waals surface area contributed by atoms with E-state index in [1.165, 1.54) is 24.0 Å². The fraction of sp³-hybridized carbons (Fsp3) is 0.556. The lowest BCUT2D eigenvalue weighted by molar-refractivity contribution is 0.0521. The number of hydrogen-bond acceptors (Lipinski definition) is 6. The predicted octanol–water partition coefficient (Wildman–Crippen LogP) is 5.57. The summed E-state index contributed by atoms with van der Waals surface area (Å²) in [5.74, 6) is 3.44. The summed E-state index contributed by atoms with van der Waals surface area (Å²) in [6, 6.07) is 6.21. The largest absolute Gasteiger partial charge is 0.493 e. The van der Waals surface area contributed by atoms with Crippen LogP contribution in [0.4, 0.5) is 0 Å². The molecular weight excluding hydrogens is 466 g/mol. The first-order chi connectivity index (χ1) is 16.4. The molecule has 4 aliphatic rings. The molecule has 3 fully saturated rings. The molecule has 0 amide bonds. The number of carbonyl (C=O) groups is 1. The van der Waals surface area contributed by atoms with Crippen molar-refractivity contribution >= 4 is 29.5 Å². The predicted molar refractivity (Wildman–Crippen MR) is 138 cm³/mol. The molecule has 0 unspecified atom stereocenters. The standard InChI is InChI=1S/C27H31NO4S2/c1-3-31-25(30)20-15-28-22(13-23(20)29)19-12-21(26(2)33-9-10-34-26)24(32-16-17-5-6-17)11-18(19)14-27(28)7-4-8-27/h11-13,15,17H,3-10,14,16H2,1-2H3. The van der Waals surface area contributed by atoms with Crippen molar-refractivity contribution in [2.24, 2.45) is 5.92 Å². The van der Waals surface area contributed by atoms with Crippen molar-refractivity contribution in [3.63, 3.8) is 0 Å². The van der Waals surface area contributed by atoms with E-state index >= 15 is 0 Å². The maximum atomic E-state index is 13.0. The van der Waals surface area contributed by atoms with Crippen LogP contribution in [-0.2, 0) is 20.8 Å². The molecule has 0 N–H and O–H groups in total. The first kappa shape index (κ1) is 22.6. The maximum absolute atomic E-state index is 13.0. The van der Waals surface area contributed by atoms with Gasteiger partial charge in [-0.25, -0.2) is 4.79 Å². The number of ether oxygens (including phenoxy) is 2. The van der Waals surface area contributed by atoms with Crippen molar-refractivity contribution in [1.29, 1.82) is 0 Å². The second-order valence-electron chi connectivity index (χ2n) is 10.2. The molecular formula is C27H31NO4S2. The van der Waals surface area contributed by atoms with Gasteiger partial charge in [0, 0.05) is 40.4 Å². The van der Waals surface area contributed by atoms with E-state index in [1.54, 1.807) is 19.2 Å². The van der Waals surface area contributed by atoms with Crippen LogP contribution in [0.3, 0.4) is 0 Å². The Balaban J connectivity index is 1.51. The molecule has 7 heteroatoms. The zero-order valence-corrected chi connectivity index (χ0v) is 21.5. The summed E-state index contributed by atoms with van der Waals surface area (Å²) in [5.41, 5.74) is 4.30. The highest BCUT2D eigenvalue weighted by Crippen LogP contribution is 2.57. The molecule has 0 bridgehead atoms. The third-order valence-corrected chi connectivity index (χ3v) is 11.2. The van der Waals surface area contributed by atoms with Crippen molar-refractivity contribution in [1.82, 2.24) is 4.57 Å². The molecule has 34 heavy (non-hydrogen) atoms. The quantitative estimate of drug-likeness (QED) is 0.487. The van der Waals surface area contributed by atoms with Gasteiger partial charge in [-0.2, -0.15) is 0 Å². The number of benzene rings is 1. The number of esters is 1. The van der Waals surface area contributed by atoms with Crippen molar-refractivity contribution in [2.75, 3.05) is 24.7 Å². The molecule has 180 valence electrons. The topological polar surface area (TPSA) is 57.5 Å². The van der Waals surface area contributed by atoms with Gasteiger partial charge in [0.2, 0.25) is 0 Å². The molecule has 5 nitrogen and oxygen atoms in total. The fourth-order valence-electron chi connectivity index (χ4n) is 5.58. The first-order valence-electron chi connectivity index (χ1n) is 12.5. The minimum Gasteiger partial charge on any atom is -0.493 e. The third kappa shape index (κ3) is 3.70. The van der Waals surface area contributed by atoms with E-state index in [-0.39, 0.29) is 27.2 Å². The van der Waals surface area contributed by atoms with Crippen molar-refractivity contribution in [3.05, 3.63) is 51.3 Å². The van der Waals surface area contributed by atoms with E-state index in [0.717, 1.165) is 60.8 Å². The van der Waals surface area contributed by atoms with Crippen molar-refractivity contribution in [3.8, 4) is 17.0 Å². The number of fused-ring (bicyclic) bond motifs is 4. The molecule has 1 saturated heterocycles. The average Bonchev–Trinajstić information content (AvgIpc) is 3.53. The highest BCUT2D eigenvalue weighted by atomic mass is 32.2. The SMILES string of the molecule is CCOC(=O)c1cn2c(cc1=O)-c1cc(C3(C)SCCS3)c(OCC3CC3)cc1CC21CCC1. The van der Waals surface area contributed by atoms with Crippen molar-refractivity contribution in [2.45, 2.75) is 62.0 Å². The molecule has 6 rings (SSSR count). The smallest absolute Gasteiger partial charge is 0.343 e. The maximum Gasteiger partial charge on any atom is 0.343 e. The molecule has 2 saturated carbocycles. The third-order valence-electron chi connectivity index (χ3n) is 7.84. The Bertz CT molecular complexity index is 1210. The number of aromatic nitrogens is 1. The number of pyridine rings is 1. The van der Waals surface area contributed by atoms with Gasteiger partial charge < -0.3 is 14.0 Å². The lowest BCUT2D eigenvalue weighted by Gasteiger charge is -2.49. The van der Waals surface area contributed by atoms with E-state index in [2.05, 4.69) is 23.6 Å².